The number of rotatable bonds is 6. The van der Waals surface area contributed by atoms with Gasteiger partial charge in [-0.3, -0.25) is 4.99 Å². The Balaban J connectivity index is 1.93. The number of benzene rings is 1. The smallest absolute Gasteiger partial charge is 0.193 e. The van der Waals surface area contributed by atoms with E-state index in [2.05, 4.69) is 74.2 Å². The van der Waals surface area contributed by atoms with E-state index >= 15 is 0 Å². The quantitative estimate of drug-likeness (QED) is 0.878. The SMILES string of the molecule is CC(C)COc1ccc(C(C)(C)CNC2=NCCN2C)cc1. The molecular weight excluding hydrogens is 274 g/mol. The van der Waals surface area contributed by atoms with Gasteiger partial charge in [-0.25, -0.2) is 0 Å². The van der Waals surface area contributed by atoms with E-state index in [0.717, 1.165) is 38.0 Å². The van der Waals surface area contributed by atoms with Gasteiger partial charge >= 0.3 is 0 Å². The van der Waals surface area contributed by atoms with Crippen molar-refractivity contribution in [2.45, 2.75) is 33.1 Å². The fraction of sp³-hybridized carbons (Fsp3) is 0.611. The Hall–Kier alpha value is -1.71. The lowest BCUT2D eigenvalue weighted by Gasteiger charge is -2.27. The minimum Gasteiger partial charge on any atom is -0.493 e. The summed E-state index contributed by atoms with van der Waals surface area (Å²) in [6, 6.07) is 8.46. The first-order valence-corrected chi connectivity index (χ1v) is 8.11. The van der Waals surface area contributed by atoms with Gasteiger partial charge in [0.1, 0.15) is 5.75 Å². The average Bonchev–Trinajstić information content (AvgIpc) is 2.89. The molecule has 0 bridgehead atoms. The molecule has 1 aliphatic heterocycles. The molecule has 22 heavy (non-hydrogen) atoms. The van der Waals surface area contributed by atoms with E-state index in [1.165, 1.54) is 5.56 Å². The maximum Gasteiger partial charge on any atom is 0.193 e. The molecule has 1 heterocycles. The molecule has 2 rings (SSSR count). The summed E-state index contributed by atoms with van der Waals surface area (Å²) in [6.07, 6.45) is 0. The molecule has 1 aromatic carbocycles. The number of nitrogens with one attached hydrogen (secondary N) is 1. The van der Waals surface area contributed by atoms with Gasteiger partial charge in [0, 0.05) is 25.6 Å². The van der Waals surface area contributed by atoms with Crippen molar-refractivity contribution in [1.29, 1.82) is 0 Å². The summed E-state index contributed by atoms with van der Waals surface area (Å²) in [4.78, 5) is 6.65. The summed E-state index contributed by atoms with van der Waals surface area (Å²) in [5.74, 6) is 2.50. The molecule has 0 saturated carbocycles. The number of nitrogens with zero attached hydrogens (tertiary/aromatic N) is 2. The van der Waals surface area contributed by atoms with Crippen LogP contribution < -0.4 is 10.1 Å². The van der Waals surface area contributed by atoms with E-state index < -0.39 is 0 Å². The topological polar surface area (TPSA) is 36.9 Å². The molecule has 4 heteroatoms. The number of ether oxygens (including phenoxy) is 1. The predicted octanol–water partition coefficient (Wildman–Crippen LogP) is 2.89. The fourth-order valence-corrected chi connectivity index (χ4v) is 2.39. The van der Waals surface area contributed by atoms with E-state index in [1.807, 2.05) is 0 Å². The van der Waals surface area contributed by atoms with E-state index in [-0.39, 0.29) is 5.41 Å². The van der Waals surface area contributed by atoms with E-state index in [0.29, 0.717) is 5.92 Å². The van der Waals surface area contributed by atoms with Crippen LogP contribution in [0, 0.1) is 5.92 Å². The van der Waals surface area contributed by atoms with Gasteiger partial charge in [0.2, 0.25) is 0 Å². The minimum atomic E-state index is 0.0442. The van der Waals surface area contributed by atoms with Crippen LogP contribution in [0.3, 0.4) is 0 Å². The van der Waals surface area contributed by atoms with Crippen molar-refractivity contribution in [3.05, 3.63) is 29.8 Å². The molecule has 0 radical (unpaired) electrons. The molecule has 0 unspecified atom stereocenters. The van der Waals surface area contributed by atoms with Gasteiger partial charge in [0.15, 0.2) is 5.96 Å². The van der Waals surface area contributed by atoms with Crippen LogP contribution in [0.4, 0.5) is 0 Å². The second-order valence-electron chi connectivity index (χ2n) is 7.09. The van der Waals surface area contributed by atoms with Crippen molar-refractivity contribution < 1.29 is 4.74 Å². The lowest BCUT2D eigenvalue weighted by Crippen LogP contribution is -2.42. The van der Waals surface area contributed by atoms with Gasteiger partial charge in [0.05, 0.1) is 13.2 Å². The molecule has 1 aromatic rings. The highest BCUT2D eigenvalue weighted by atomic mass is 16.5. The van der Waals surface area contributed by atoms with Gasteiger partial charge in [-0.05, 0) is 23.6 Å². The first kappa shape index (κ1) is 16.7. The van der Waals surface area contributed by atoms with Crippen LogP contribution in [0.5, 0.6) is 5.75 Å². The van der Waals surface area contributed by atoms with E-state index in [9.17, 15) is 0 Å². The van der Waals surface area contributed by atoms with Gasteiger partial charge < -0.3 is 15.0 Å². The maximum atomic E-state index is 5.75. The van der Waals surface area contributed by atoms with E-state index in [4.69, 9.17) is 4.74 Å². The Morgan fingerprint density at radius 1 is 1.27 bits per heavy atom. The molecule has 0 fully saturated rings. The van der Waals surface area contributed by atoms with Crippen LogP contribution in [-0.4, -0.2) is 44.1 Å². The molecule has 0 atom stereocenters. The molecule has 0 saturated heterocycles. The third-order valence-electron chi connectivity index (χ3n) is 3.97. The minimum absolute atomic E-state index is 0.0442. The largest absolute Gasteiger partial charge is 0.493 e. The summed E-state index contributed by atoms with van der Waals surface area (Å²) in [6.45, 7) is 12.3. The van der Waals surface area contributed by atoms with Gasteiger partial charge in [0.25, 0.3) is 0 Å². The average molecular weight is 303 g/mol. The highest BCUT2D eigenvalue weighted by molar-refractivity contribution is 5.81. The molecule has 1 aliphatic rings. The molecule has 0 amide bonds. The summed E-state index contributed by atoms with van der Waals surface area (Å²) in [5, 5.41) is 3.47. The van der Waals surface area contributed by atoms with E-state index in [1.54, 1.807) is 0 Å². The van der Waals surface area contributed by atoms with Crippen LogP contribution in [0.25, 0.3) is 0 Å². The monoisotopic (exact) mass is 303 g/mol. The van der Waals surface area contributed by atoms with Gasteiger partial charge in [-0.2, -0.15) is 0 Å². The van der Waals surface area contributed by atoms with Crippen molar-refractivity contribution in [1.82, 2.24) is 10.2 Å². The standard InChI is InChI=1S/C18H29N3O/c1-14(2)12-22-16-8-6-15(7-9-16)18(3,4)13-20-17-19-10-11-21(17)5/h6-9,14H,10-13H2,1-5H3,(H,19,20). The van der Waals surface area contributed by atoms with Crippen LogP contribution in [0.2, 0.25) is 0 Å². The first-order chi connectivity index (χ1) is 10.4. The summed E-state index contributed by atoms with van der Waals surface area (Å²) in [5.41, 5.74) is 1.35. The number of guanidine groups is 1. The Morgan fingerprint density at radius 2 is 1.95 bits per heavy atom. The Morgan fingerprint density at radius 3 is 2.50 bits per heavy atom. The summed E-state index contributed by atoms with van der Waals surface area (Å²) >= 11 is 0. The molecule has 0 aromatic heterocycles. The van der Waals surface area contributed by atoms with Crippen LogP contribution in [-0.2, 0) is 5.41 Å². The van der Waals surface area contributed by atoms with Crippen LogP contribution in [0.15, 0.2) is 29.3 Å². The summed E-state index contributed by atoms with van der Waals surface area (Å²) in [7, 11) is 2.08. The normalized spacial score (nSPS) is 15.2. The Labute approximate surface area is 134 Å². The molecule has 1 N–H and O–H groups in total. The van der Waals surface area contributed by atoms with Crippen molar-refractivity contribution in [3.63, 3.8) is 0 Å². The van der Waals surface area contributed by atoms with Gasteiger partial charge in [-0.1, -0.05) is 39.8 Å². The Bertz CT molecular complexity index is 506. The highest BCUT2D eigenvalue weighted by Gasteiger charge is 2.22. The molecule has 0 spiro atoms. The van der Waals surface area contributed by atoms with Crippen molar-refractivity contribution in [2.75, 3.05) is 33.3 Å². The second-order valence-corrected chi connectivity index (χ2v) is 7.09. The zero-order valence-corrected chi connectivity index (χ0v) is 14.5. The molecular formula is C18H29N3O. The van der Waals surface area contributed by atoms with Crippen LogP contribution in [0.1, 0.15) is 33.3 Å². The second kappa shape index (κ2) is 7.03. The predicted molar refractivity (Wildman–Crippen MR) is 92.7 cm³/mol. The number of likely N-dealkylation sites (N-methyl/N-ethyl adjacent to an activating group) is 1. The lowest BCUT2D eigenvalue weighted by molar-refractivity contribution is 0.271. The zero-order valence-electron chi connectivity index (χ0n) is 14.5. The molecule has 4 nitrogen and oxygen atoms in total. The van der Waals surface area contributed by atoms with Gasteiger partial charge in [-0.15, -0.1) is 0 Å². The van der Waals surface area contributed by atoms with Crippen LogP contribution >= 0.6 is 0 Å². The van der Waals surface area contributed by atoms with Crippen molar-refractivity contribution >= 4 is 5.96 Å². The third-order valence-corrected chi connectivity index (χ3v) is 3.97. The zero-order chi connectivity index (χ0) is 16.2. The number of aliphatic imine (C=N–C) groups is 1. The molecule has 122 valence electrons. The summed E-state index contributed by atoms with van der Waals surface area (Å²) < 4.78 is 5.75. The lowest BCUT2D eigenvalue weighted by atomic mass is 9.84. The van der Waals surface area contributed by atoms with Crippen molar-refractivity contribution in [2.24, 2.45) is 10.9 Å². The third kappa shape index (κ3) is 4.39. The Kier molecular flexibility index (Phi) is 5.33. The first-order valence-electron chi connectivity index (χ1n) is 8.11. The number of hydrogen-bond donors (Lipinski definition) is 1. The number of hydrogen-bond acceptors (Lipinski definition) is 4. The fourth-order valence-electron chi connectivity index (χ4n) is 2.39. The highest BCUT2D eigenvalue weighted by Crippen LogP contribution is 2.25. The van der Waals surface area contributed by atoms with Crippen molar-refractivity contribution in [3.8, 4) is 5.75 Å². The molecule has 0 aliphatic carbocycles. The maximum absolute atomic E-state index is 5.75.